The van der Waals surface area contributed by atoms with Gasteiger partial charge in [0.25, 0.3) is 0 Å². The van der Waals surface area contributed by atoms with Gasteiger partial charge in [-0.3, -0.25) is 9.58 Å². The minimum Gasteiger partial charge on any atom is -0.340 e. The van der Waals surface area contributed by atoms with Crippen molar-refractivity contribution in [3.8, 4) is 17.9 Å². The molecule has 1 saturated heterocycles. The Morgan fingerprint density at radius 3 is 2.65 bits per heavy atom. The second-order valence-corrected chi connectivity index (χ2v) is 7.28. The molecule has 31 heavy (non-hydrogen) atoms. The molecule has 2 aromatic rings. The van der Waals surface area contributed by atoms with Crippen molar-refractivity contribution in [2.24, 2.45) is 5.10 Å². The molecule has 4 rings (SSSR count). The molecule has 7 nitrogen and oxygen atoms in total. The lowest BCUT2D eigenvalue weighted by molar-refractivity contribution is 0.441. The number of fused-ring (bicyclic) bond motifs is 1. The maximum atomic E-state index is 8.41. The van der Waals surface area contributed by atoms with Crippen LogP contribution in [-0.2, 0) is 6.54 Å². The summed E-state index contributed by atoms with van der Waals surface area (Å²) in [7, 11) is 0. The van der Waals surface area contributed by atoms with Crippen LogP contribution in [0.5, 0.6) is 0 Å². The standard InChI is InChI=1S/C16H22N6.C8H7N/c1-4-6-9-21-15-13(3)22(5-2)18-12-14(15)19-16(21)20-10-7-17-8-11-20;1-7-3-2-4-8(5-7)6-9/h12,17H,3,5,7-11H2,1-2H3;2-5H,1H3. The number of hydrogen-bond donors (Lipinski definition) is 1. The van der Waals surface area contributed by atoms with E-state index in [1.54, 1.807) is 6.07 Å². The van der Waals surface area contributed by atoms with Crippen molar-refractivity contribution in [3.05, 3.63) is 53.4 Å². The van der Waals surface area contributed by atoms with Gasteiger partial charge in [0.1, 0.15) is 5.69 Å². The highest BCUT2D eigenvalue weighted by molar-refractivity contribution is 5.88. The van der Waals surface area contributed by atoms with E-state index in [1.165, 1.54) is 0 Å². The Morgan fingerprint density at radius 1 is 1.26 bits per heavy atom. The Balaban J connectivity index is 0.000000254. The predicted octanol–water partition coefficient (Wildman–Crippen LogP) is 2.82. The van der Waals surface area contributed by atoms with Crippen molar-refractivity contribution in [1.82, 2.24) is 19.9 Å². The summed E-state index contributed by atoms with van der Waals surface area (Å²) in [6, 6.07) is 9.58. The van der Waals surface area contributed by atoms with E-state index in [9.17, 15) is 0 Å². The fraction of sp³-hybridized carbons (Fsp3) is 0.375. The van der Waals surface area contributed by atoms with Crippen molar-refractivity contribution in [2.45, 2.75) is 27.3 Å². The molecule has 0 bridgehead atoms. The lowest BCUT2D eigenvalue weighted by Gasteiger charge is -2.29. The summed E-state index contributed by atoms with van der Waals surface area (Å²) >= 11 is 0. The van der Waals surface area contributed by atoms with E-state index in [-0.39, 0.29) is 0 Å². The maximum absolute atomic E-state index is 8.41. The number of nitriles is 1. The lowest BCUT2D eigenvalue weighted by Crippen LogP contribution is -2.44. The van der Waals surface area contributed by atoms with E-state index in [2.05, 4.69) is 51.3 Å². The highest BCUT2D eigenvalue weighted by atomic mass is 15.5. The van der Waals surface area contributed by atoms with Gasteiger partial charge in [0.2, 0.25) is 5.95 Å². The Labute approximate surface area is 184 Å². The van der Waals surface area contributed by atoms with Crippen LogP contribution in [0.15, 0.2) is 35.9 Å². The third kappa shape index (κ3) is 5.14. The van der Waals surface area contributed by atoms with Gasteiger partial charge in [0, 0.05) is 32.7 Å². The highest BCUT2D eigenvalue weighted by Gasteiger charge is 2.27. The summed E-state index contributed by atoms with van der Waals surface area (Å²) < 4.78 is 2.17. The van der Waals surface area contributed by atoms with Crippen LogP contribution in [0.3, 0.4) is 0 Å². The number of nitrogens with zero attached hydrogens (tertiary/aromatic N) is 6. The SMILES string of the molecule is C=C1c2c(nc(N3CCNCC3)n2CC#CC)C=NN1CC.Cc1cccc(C#N)c1. The summed E-state index contributed by atoms with van der Waals surface area (Å²) in [5, 5.41) is 18.1. The van der Waals surface area contributed by atoms with E-state index in [1.807, 2.05) is 43.3 Å². The molecule has 0 unspecified atom stereocenters. The number of nitrogens with one attached hydrogen (secondary N) is 1. The zero-order valence-electron chi connectivity index (χ0n) is 18.5. The molecule has 1 fully saturated rings. The second-order valence-electron chi connectivity index (χ2n) is 7.28. The summed E-state index contributed by atoms with van der Waals surface area (Å²) in [5.74, 6) is 7.11. The molecular weight excluding hydrogens is 386 g/mol. The number of hydrogen-bond acceptors (Lipinski definition) is 6. The van der Waals surface area contributed by atoms with Gasteiger partial charge in [-0.25, -0.2) is 4.98 Å². The first kappa shape index (κ1) is 22.1. The van der Waals surface area contributed by atoms with Crippen LogP contribution in [0.4, 0.5) is 5.95 Å². The zero-order chi connectivity index (χ0) is 22.2. The lowest BCUT2D eigenvalue weighted by atomic mass is 10.2. The number of rotatable bonds is 3. The third-order valence-electron chi connectivity index (χ3n) is 5.14. The molecule has 0 aliphatic carbocycles. The Morgan fingerprint density at radius 2 is 2.03 bits per heavy atom. The smallest absolute Gasteiger partial charge is 0.207 e. The Bertz CT molecular complexity index is 1060. The first-order valence-electron chi connectivity index (χ1n) is 10.5. The first-order valence-corrected chi connectivity index (χ1v) is 10.5. The number of hydrazone groups is 1. The number of benzene rings is 1. The van der Waals surface area contributed by atoms with Crippen molar-refractivity contribution >= 4 is 17.9 Å². The van der Waals surface area contributed by atoms with Gasteiger partial charge in [-0.2, -0.15) is 10.4 Å². The molecule has 0 saturated carbocycles. The zero-order valence-corrected chi connectivity index (χ0v) is 18.5. The molecule has 1 aromatic heterocycles. The van der Waals surface area contributed by atoms with Gasteiger partial charge in [-0.05, 0) is 38.5 Å². The third-order valence-corrected chi connectivity index (χ3v) is 5.14. The van der Waals surface area contributed by atoms with Gasteiger partial charge < -0.3 is 10.2 Å². The summed E-state index contributed by atoms with van der Waals surface area (Å²) in [5.41, 5.74) is 4.69. The molecule has 0 spiro atoms. The molecule has 7 heteroatoms. The molecule has 0 amide bonds. The van der Waals surface area contributed by atoms with Crippen molar-refractivity contribution in [1.29, 1.82) is 5.26 Å². The summed E-state index contributed by atoms with van der Waals surface area (Å²) in [6.45, 7) is 15.4. The molecule has 1 N–H and O–H groups in total. The van der Waals surface area contributed by atoms with Crippen LogP contribution in [0, 0.1) is 30.1 Å². The number of aromatic nitrogens is 2. The van der Waals surface area contributed by atoms with Gasteiger partial charge in [-0.15, -0.1) is 5.92 Å². The van der Waals surface area contributed by atoms with E-state index < -0.39 is 0 Å². The predicted molar refractivity (Wildman–Crippen MR) is 126 cm³/mol. The molecule has 2 aliphatic heterocycles. The topological polar surface area (TPSA) is 72.5 Å². The van der Waals surface area contributed by atoms with Crippen LogP contribution in [0.2, 0.25) is 0 Å². The van der Waals surface area contributed by atoms with Crippen LogP contribution < -0.4 is 10.2 Å². The minimum atomic E-state index is 0.627. The van der Waals surface area contributed by atoms with Crippen molar-refractivity contribution in [2.75, 3.05) is 37.6 Å². The first-order chi connectivity index (χ1) is 15.1. The van der Waals surface area contributed by atoms with Gasteiger partial charge in [-0.1, -0.05) is 24.6 Å². The molecule has 3 heterocycles. The van der Waals surface area contributed by atoms with Crippen molar-refractivity contribution < 1.29 is 0 Å². The quantitative estimate of drug-likeness (QED) is 0.781. The van der Waals surface area contributed by atoms with Crippen LogP contribution >= 0.6 is 0 Å². The molecular formula is C24H29N7. The van der Waals surface area contributed by atoms with E-state index in [0.29, 0.717) is 6.54 Å². The van der Waals surface area contributed by atoms with E-state index in [4.69, 9.17) is 10.2 Å². The largest absolute Gasteiger partial charge is 0.340 e. The maximum Gasteiger partial charge on any atom is 0.207 e. The molecule has 0 atom stereocenters. The van der Waals surface area contributed by atoms with Gasteiger partial charge in [0.05, 0.1) is 35.8 Å². The van der Waals surface area contributed by atoms with E-state index >= 15 is 0 Å². The number of anilines is 1. The van der Waals surface area contributed by atoms with Crippen LogP contribution in [-0.4, -0.2) is 53.5 Å². The average molecular weight is 416 g/mol. The van der Waals surface area contributed by atoms with E-state index in [0.717, 1.165) is 66.9 Å². The summed E-state index contributed by atoms with van der Waals surface area (Å²) in [4.78, 5) is 7.11. The number of imidazole rings is 1. The normalized spacial score (nSPS) is 14.7. The molecule has 1 aromatic carbocycles. The van der Waals surface area contributed by atoms with Crippen LogP contribution in [0.25, 0.3) is 5.70 Å². The molecule has 0 radical (unpaired) electrons. The van der Waals surface area contributed by atoms with Gasteiger partial charge in [0.15, 0.2) is 0 Å². The summed E-state index contributed by atoms with van der Waals surface area (Å²) in [6.07, 6.45) is 1.83. The monoisotopic (exact) mass is 415 g/mol. The number of piperazine rings is 1. The minimum absolute atomic E-state index is 0.627. The fourth-order valence-corrected chi connectivity index (χ4v) is 3.57. The number of aryl methyl sites for hydroxylation is 1. The Kier molecular flexibility index (Phi) is 7.48. The fourth-order valence-electron chi connectivity index (χ4n) is 3.57. The van der Waals surface area contributed by atoms with Gasteiger partial charge >= 0.3 is 0 Å². The van der Waals surface area contributed by atoms with Crippen LogP contribution in [0.1, 0.15) is 36.4 Å². The molecule has 2 aliphatic rings. The highest BCUT2D eigenvalue weighted by Crippen LogP contribution is 2.29. The average Bonchev–Trinajstić information content (AvgIpc) is 3.18. The Hall–Kier alpha value is -3.55. The molecule has 160 valence electrons. The second kappa shape index (κ2) is 10.5. The van der Waals surface area contributed by atoms with Crippen molar-refractivity contribution in [3.63, 3.8) is 0 Å².